The highest BCUT2D eigenvalue weighted by Gasteiger charge is 2.13. The maximum absolute atomic E-state index is 12.4. The molecular weight excluding hydrogens is 350 g/mol. The van der Waals surface area contributed by atoms with Gasteiger partial charge in [-0.1, -0.05) is 25.4 Å². The lowest BCUT2D eigenvalue weighted by Gasteiger charge is -2.10. The van der Waals surface area contributed by atoms with Crippen LogP contribution < -0.4 is 14.8 Å². The normalized spacial score (nSPS) is 10.9. The molecule has 0 aliphatic carbocycles. The van der Waals surface area contributed by atoms with Gasteiger partial charge in [-0.05, 0) is 24.3 Å². The molecular formula is C16H20ClN3O3S. The molecule has 8 heteroatoms. The van der Waals surface area contributed by atoms with Gasteiger partial charge < -0.3 is 10.1 Å². The summed E-state index contributed by atoms with van der Waals surface area (Å²) in [6, 6.07) is 6.39. The van der Waals surface area contributed by atoms with E-state index in [-0.39, 0.29) is 5.91 Å². The van der Waals surface area contributed by atoms with E-state index in [0.717, 1.165) is 0 Å². The molecule has 0 bridgehead atoms. The van der Waals surface area contributed by atoms with Crippen molar-refractivity contribution >= 4 is 34.2 Å². The number of pyridine rings is 1. The summed E-state index contributed by atoms with van der Waals surface area (Å²) in [7, 11) is 1.40. The SMILES string of the molecule is CC.CNC(=O)c1cncc(NS(=O)c2cc(Cl)ccc2OC)c1. The molecule has 1 aromatic carbocycles. The van der Waals surface area contributed by atoms with Crippen LogP contribution >= 0.6 is 11.6 Å². The molecule has 130 valence electrons. The quantitative estimate of drug-likeness (QED) is 0.847. The molecule has 2 aromatic rings. The topological polar surface area (TPSA) is 80.3 Å². The van der Waals surface area contributed by atoms with E-state index in [1.54, 1.807) is 24.3 Å². The zero-order valence-electron chi connectivity index (χ0n) is 13.9. The van der Waals surface area contributed by atoms with Crippen molar-refractivity contribution in [3.05, 3.63) is 47.2 Å². The number of benzene rings is 1. The summed E-state index contributed by atoms with van der Waals surface area (Å²) < 4.78 is 20.4. The molecule has 1 heterocycles. The van der Waals surface area contributed by atoms with Gasteiger partial charge in [0.2, 0.25) is 0 Å². The number of anilines is 1. The third kappa shape index (κ3) is 5.21. The standard InChI is InChI=1S/C14H14ClN3O3S.C2H6/c1-16-14(19)9-5-11(8-17-7-9)18-22(20)13-6-10(15)3-4-12(13)21-2;1-2/h3-8,18H,1-2H3,(H,16,19);1-2H3. The largest absolute Gasteiger partial charge is 0.495 e. The van der Waals surface area contributed by atoms with Crippen LogP contribution in [0.15, 0.2) is 41.6 Å². The highest BCUT2D eigenvalue weighted by Crippen LogP contribution is 2.26. The molecule has 6 nitrogen and oxygen atoms in total. The summed E-state index contributed by atoms with van der Waals surface area (Å²) in [6.07, 6.45) is 2.90. The number of nitrogens with zero attached hydrogens (tertiary/aromatic N) is 1. The zero-order valence-corrected chi connectivity index (χ0v) is 15.5. The van der Waals surface area contributed by atoms with E-state index in [9.17, 15) is 9.00 Å². The first kappa shape index (κ1) is 19.9. The Balaban J connectivity index is 0.00000139. The van der Waals surface area contributed by atoms with Gasteiger partial charge in [0.1, 0.15) is 10.6 Å². The Kier molecular flexibility index (Phi) is 8.21. The number of ether oxygens (including phenoxy) is 1. The van der Waals surface area contributed by atoms with E-state index < -0.39 is 11.0 Å². The van der Waals surface area contributed by atoms with Crippen LogP contribution in [0.2, 0.25) is 5.02 Å². The fourth-order valence-electron chi connectivity index (χ4n) is 1.72. The smallest absolute Gasteiger partial charge is 0.252 e. The Labute approximate surface area is 149 Å². The number of nitrogens with one attached hydrogen (secondary N) is 2. The summed E-state index contributed by atoms with van der Waals surface area (Å²) in [6.45, 7) is 4.00. The van der Waals surface area contributed by atoms with Gasteiger partial charge >= 0.3 is 0 Å². The minimum Gasteiger partial charge on any atom is -0.495 e. The van der Waals surface area contributed by atoms with Crippen LogP contribution in [0.25, 0.3) is 0 Å². The first-order valence-corrected chi connectivity index (χ1v) is 8.77. The molecule has 0 aliphatic heterocycles. The van der Waals surface area contributed by atoms with Crippen molar-refractivity contribution in [1.29, 1.82) is 0 Å². The van der Waals surface area contributed by atoms with Gasteiger partial charge in [-0.3, -0.25) is 14.5 Å². The van der Waals surface area contributed by atoms with Crippen LogP contribution in [0.4, 0.5) is 5.69 Å². The molecule has 0 radical (unpaired) electrons. The van der Waals surface area contributed by atoms with Crippen molar-refractivity contribution in [2.24, 2.45) is 0 Å². The van der Waals surface area contributed by atoms with Crippen LogP contribution in [-0.4, -0.2) is 29.3 Å². The Morgan fingerprint density at radius 2 is 1.96 bits per heavy atom. The van der Waals surface area contributed by atoms with Gasteiger partial charge in [-0.2, -0.15) is 0 Å². The first-order chi connectivity index (χ1) is 11.5. The third-order valence-corrected chi connectivity index (χ3v) is 4.14. The van der Waals surface area contributed by atoms with Crippen molar-refractivity contribution in [3.8, 4) is 5.75 Å². The second-order valence-corrected chi connectivity index (χ2v) is 5.83. The van der Waals surface area contributed by atoms with Crippen LogP contribution in [0.5, 0.6) is 5.75 Å². The zero-order chi connectivity index (χ0) is 18.1. The molecule has 0 saturated carbocycles. The molecule has 1 amide bonds. The summed E-state index contributed by atoms with van der Waals surface area (Å²) >= 11 is 5.92. The molecule has 0 spiro atoms. The maximum atomic E-state index is 12.4. The van der Waals surface area contributed by atoms with E-state index in [4.69, 9.17) is 16.3 Å². The minimum absolute atomic E-state index is 0.276. The predicted octanol–water partition coefficient (Wildman–Crippen LogP) is 3.26. The number of hydrogen-bond acceptors (Lipinski definition) is 4. The second-order valence-electron chi connectivity index (χ2n) is 4.21. The van der Waals surface area contributed by atoms with Gasteiger partial charge in [0.15, 0.2) is 11.0 Å². The van der Waals surface area contributed by atoms with E-state index in [0.29, 0.717) is 26.9 Å². The molecule has 2 N–H and O–H groups in total. The van der Waals surface area contributed by atoms with Crippen LogP contribution in [0.1, 0.15) is 24.2 Å². The number of carbonyl (C=O) groups is 1. The Hall–Kier alpha value is -2.12. The van der Waals surface area contributed by atoms with Gasteiger partial charge in [0.05, 0.1) is 24.6 Å². The monoisotopic (exact) mass is 369 g/mol. The summed E-state index contributed by atoms with van der Waals surface area (Å²) in [4.78, 5) is 15.9. The van der Waals surface area contributed by atoms with Gasteiger partial charge in [-0.15, -0.1) is 0 Å². The van der Waals surface area contributed by atoms with Crippen molar-refractivity contribution in [3.63, 3.8) is 0 Å². The van der Waals surface area contributed by atoms with Gasteiger partial charge in [-0.25, -0.2) is 4.21 Å². The van der Waals surface area contributed by atoms with E-state index in [2.05, 4.69) is 15.0 Å². The van der Waals surface area contributed by atoms with Crippen molar-refractivity contribution in [2.75, 3.05) is 18.9 Å². The van der Waals surface area contributed by atoms with Crippen molar-refractivity contribution in [1.82, 2.24) is 10.3 Å². The molecule has 0 fully saturated rings. The number of rotatable bonds is 5. The Morgan fingerprint density at radius 3 is 2.58 bits per heavy atom. The number of amides is 1. The lowest BCUT2D eigenvalue weighted by Crippen LogP contribution is -2.18. The van der Waals surface area contributed by atoms with Crippen LogP contribution in [0, 0.1) is 0 Å². The van der Waals surface area contributed by atoms with Crippen LogP contribution in [0.3, 0.4) is 0 Å². The first-order valence-electron chi connectivity index (χ1n) is 7.24. The van der Waals surface area contributed by atoms with E-state index >= 15 is 0 Å². The number of carbonyl (C=O) groups excluding carboxylic acids is 1. The third-order valence-electron chi connectivity index (χ3n) is 2.76. The van der Waals surface area contributed by atoms with Gasteiger partial charge in [0, 0.05) is 18.3 Å². The molecule has 24 heavy (non-hydrogen) atoms. The minimum atomic E-state index is -1.61. The molecule has 1 atom stereocenters. The highest BCUT2D eigenvalue weighted by atomic mass is 35.5. The van der Waals surface area contributed by atoms with Gasteiger partial charge in [0.25, 0.3) is 5.91 Å². The average molecular weight is 370 g/mol. The summed E-state index contributed by atoms with van der Waals surface area (Å²) in [5.74, 6) is 0.174. The fourth-order valence-corrected chi connectivity index (χ4v) is 2.96. The average Bonchev–Trinajstić information content (AvgIpc) is 2.62. The highest BCUT2D eigenvalue weighted by molar-refractivity contribution is 7.86. The van der Waals surface area contributed by atoms with Crippen molar-refractivity contribution < 1.29 is 13.7 Å². The Morgan fingerprint density at radius 1 is 1.25 bits per heavy atom. The summed E-state index contributed by atoms with van der Waals surface area (Å²) in [5.41, 5.74) is 0.809. The maximum Gasteiger partial charge on any atom is 0.252 e. The number of aromatic nitrogens is 1. The number of hydrogen-bond donors (Lipinski definition) is 2. The van der Waals surface area contributed by atoms with Crippen LogP contribution in [-0.2, 0) is 11.0 Å². The molecule has 1 aromatic heterocycles. The Bertz CT molecular complexity index is 725. The predicted molar refractivity (Wildman–Crippen MR) is 97.0 cm³/mol. The second kappa shape index (κ2) is 9.89. The van der Waals surface area contributed by atoms with Crippen molar-refractivity contribution in [2.45, 2.75) is 18.7 Å². The number of methoxy groups -OCH3 is 1. The van der Waals surface area contributed by atoms with E-state index in [1.807, 2.05) is 13.8 Å². The lowest BCUT2D eigenvalue weighted by atomic mass is 10.2. The van der Waals surface area contributed by atoms with E-state index in [1.165, 1.54) is 26.6 Å². The fraction of sp³-hybridized carbons (Fsp3) is 0.250. The summed E-state index contributed by atoms with van der Waals surface area (Å²) in [5, 5.41) is 2.95. The lowest BCUT2D eigenvalue weighted by molar-refractivity contribution is 0.0963. The molecule has 2 rings (SSSR count). The molecule has 1 unspecified atom stereocenters. The molecule has 0 saturated heterocycles. The molecule has 0 aliphatic rings. The number of halogens is 1.